The molecule has 0 aliphatic heterocycles. The number of nitrogen functional groups attached to an aromatic ring is 1. The highest BCUT2D eigenvalue weighted by Gasteiger charge is 2.13. The van der Waals surface area contributed by atoms with E-state index in [0.29, 0.717) is 12.2 Å². The van der Waals surface area contributed by atoms with Gasteiger partial charge in [0, 0.05) is 17.8 Å². The van der Waals surface area contributed by atoms with Gasteiger partial charge in [-0.25, -0.2) is 9.37 Å². The fourth-order valence-electron chi connectivity index (χ4n) is 2.42. The van der Waals surface area contributed by atoms with Crippen LogP contribution < -0.4 is 15.8 Å². The number of hydrogen-bond acceptors (Lipinski definition) is 4. The molecule has 1 heterocycles. The molecule has 0 spiro atoms. The van der Waals surface area contributed by atoms with E-state index in [4.69, 9.17) is 10.5 Å². The predicted molar refractivity (Wildman–Crippen MR) is 100 cm³/mol. The van der Waals surface area contributed by atoms with Gasteiger partial charge in [-0.15, -0.1) is 6.58 Å². The number of rotatable bonds is 9. The normalized spacial score (nSPS) is 10.4. The number of unbranched alkanes of at least 4 members (excludes halogenated alkanes) is 2. The van der Waals surface area contributed by atoms with Crippen molar-refractivity contribution in [3.63, 3.8) is 0 Å². The third kappa shape index (κ3) is 5.31. The van der Waals surface area contributed by atoms with Crippen LogP contribution in [-0.4, -0.2) is 17.5 Å². The highest BCUT2D eigenvalue weighted by molar-refractivity contribution is 5.98. The summed E-state index contributed by atoms with van der Waals surface area (Å²) in [7, 11) is 0. The molecule has 0 radical (unpaired) electrons. The van der Waals surface area contributed by atoms with Crippen molar-refractivity contribution in [1.82, 2.24) is 10.3 Å². The zero-order chi connectivity index (χ0) is 18.9. The zero-order valence-corrected chi connectivity index (χ0v) is 14.9. The van der Waals surface area contributed by atoms with E-state index in [1.807, 2.05) is 6.08 Å². The number of nitrogens with zero attached hydrogens (tertiary/aromatic N) is 1. The Kier molecular flexibility index (Phi) is 7.14. The number of amides is 1. The van der Waals surface area contributed by atoms with E-state index >= 15 is 0 Å². The molecule has 1 amide bonds. The number of pyridine rings is 1. The van der Waals surface area contributed by atoms with Crippen LogP contribution >= 0.6 is 0 Å². The number of carbonyl (C=O) groups excluding carboxylic acids is 1. The van der Waals surface area contributed by atoms with E-state index in [1.54, 1.807) is 37.3 Å². The molecular formula is C20H24FN3O2. The lowest BCUT2D eigenvalue weighted by molar-refractivity contribution is 0.0951. The third-order valence-electron chi connectivity index (χ3n) is 3.85. The maximum absolute atomic E-state index is 14.5. The molecule has 2 rings (SSSR count). The minimum absolute atomic E-state index is 0.0334. The SMILES string of the molecule is C=CCCCCOc1cccc(CNC(=O)c2ccc(C)nc2N)c1F. The van der Waals surface area contributed by atoms with Crippen molar-refractivity contribution in [3.8, 4) is 5.75 Å². The number of halogens is 1. The second-order valence-electron chi connectivity index (χ2n) is 5.93. The first kappa shape index (κ1) is 19.4. The summed E-state index contributed by atoms with van der Waals surface area (Å²) in [5.41, 5.74) is 7.10. The Morgan fingerprint density at radius 3 is 2.88 bits per heavy atom. The Labute approximate surface area is 153 Å². The van der Waals surface area contributed by atoms with Crippen LogP contribution in [0.2, 0.25) is 0 Å². The summed E-state index contributed by atoms with van der Waals surface area (Å²) in [6.45, 7) is 5.92. The van der Waals surface area contributed by atoms with Gasteiger partial charge in [0.1, 0.15) is 5.82 Å². The molecule has 138 valence electrons. The molecule has 0 saturated heterocycles. The fraction of sp³-hybridized carbons (Fsp3) is 0.300. The van der Waals surface area contributed by atoms with Crippen LogP contribution in [0.25, 0.3) is 0 Å². The van der Waals surface area contributed by atoms with Gasteiger partial charge in [-0.3, -0.25) is 4.79 Å². The lowest BCUT2D eigenvalue weighted by atomic mass is 10.1. The number of benzene rings is 1. The smallest absolute Gasteiger partial charge is 0.255 e. The molecule has 0 aliphatic rings. The first-order valence-corrected chi connectivity index (χ1v) is 8.55. The molecule has 2 aromatic rings. The van der Waals surface area contributed by atoms with Crippen molar-refractivity contribution < 1.29 is 13.9 Å². The van der Waals surface area contributed by atoms with Crippen LogP contribution in [0.5, 0.6) is 5.75 Å². The van der Waals surface area contributed by atoms with E-state index in [9.17, 15) is 9.18 Å². The molecule has 1 aromatic carbocycles. The van der Waals surface area contributed by atoms with Gasteiger partial charge in [0.25, 0.3) is 5.91 Å². The van der Waals surface area contributed by atoms with Crippen molar-refractivity contribution in [2.24, 2.45) is 0 Å². The fourth-order valence-corrected chi connectivity index (χ4v) is 2.42. The van der Waals surface area contributed by atoms with Gasteiger partial charge in [-0.05, 0) is 44.4 Å². The minimum atomic E-state index is -0.466. The van der Waals surface area contributed by atoms with Crippen molar-refractivity contribution >= 4 is 11.7 Å². The average molecular weight is 357 g/mol. The van der Waals surface area contributed by atoms with Crippen molar-refractivity contribution in [1.29, 1.82) is 0 Å². The van der Waals surface area contributed by atoms with Gasteiger partial charge in [0.15, 0.2) is 11.6 Å². The minimum Gasteiger partial charge on any atom is -0.491 e. The average Bonchev–Trinajstić information content (AvgIpc) is 2.61. The Hall–Kier alpha value is -2.89. The van der Waals surface area contributed by atoms with Gasteiger partial charge in [-0.2, -0.15) is 0 Å². The quantitative estimate of drug-likeness (QED) is 0.529. The molecule has 6 heteroatoms. The number of carbonyl (C=O) groups is 1. The third-order valence-corrected chi connectivity index (χ3v) is 3.85. The van der Waals surface area contributed by atoms with Crippen LogP contribution in [0.15, 0.2) is 43.0 Å². The number of nitrogens with two attached hydrogens (primary N) is 1. The largest absolute Gasteiger partial charge is 0.491 e. The lowest BCUT2D eigenvalue weighted by Crippen LogP contribution is -2.24. The maximum atomic E-state index is 14.5. The van der Waals surface area contributed by atoms with Gasteiger partial charge < -0.3 is 15.8 Å². The highest BCUT2D eigenvalue weighted by Crippen LogP contribution is 2.21. The molecule has 0 saturated carbocycles. The van der Waals surface area contributed by atoms with Crippen LogP contribution in [0, 0.1) is 12.7 Å². The summed E-state index contributed by atoms with van der Waals surface area (Å²) in [5, 5.41) is 2.66. The Morgan fingerprint density at radius 2 is 2.15 bits per heavy atom. The van der Waals surface area contributed by atoms with Crippen molar-refractivity contribution in [2.75, 3.05) is 12.3 Å². The zero-order valence-electron chi connectivity index (χ0n) is 14.9. The Bertz CT molecular complexity index is 778. The van der Waals surface area contributed by atoms with E-state index in [1.165, 1.54) is 0 Å². The highest BCUT2D eigenvalue weighted by atomic mass is 19.1. The van der Waals surface area contributed by atoms with E-state index in [-0.39, 0.29) is 23.7 Å². The molecule has 0 atom stereocenters. The summed E-state index contributed by atoms with van der Waals surface area (Å²) < 4.78 is 20.0. The summed E-state index contributed by atoms with van der Waals surface area (Å²) in [5.74, 6) is -0.525. The summed E-state index contributed by atoms with van der Waals surface area (Å²) in [6, 6.07) is 8.19. The molecule has 26 heavy (non-hydrogen) atoms. The van der Waals surface area contributed by atoms with Crippen LogP contribution in [0.4, 0.5) is 10.2 Å². The predicted octanol–water partition coefficient (Wildman–Crippen LogP) is 3.78. The van der Waals surface area contributed by atoms with Gasteiger partial charge in [-0.1, -0.05) is 18.2 Å². The number of aromatic nitrogens is 1. The van der Waals surface area contributed by atoms with E-state index in [0.717, 1.165) is 25.0 Å². The Balaban J connectivity index is 1.95. The monoisotopic (exact) mass is 357 g/mol. The number of nitrogens with one attached hydrogen (secondary N) is 1. The second kappa shape index (κ2) is 9.56. The van der Waals surface area contributed by atoms with Gasteiger partial charge in [0.2, 0.25) is 0 Å². The summed E-state index contributed by atoms with van der Waals surface area (Å²) in [4.78, 5) is 16.3. The first-order chi connectivity index (χ1) is 12.5. The second-order valence-corrected chi connectivity index (χ2v) is 5.93. The van der Waals surface area contributed by atoms with Crippen molar-refractivity contribution in [2.45, 2.75) is 32.7 Å². The van der Waals surface area contributed by atoms with Crippen molar-refractivity contribution in [3.05, 3.63) is 65.6 Å². The molecule has 0 unspecified atom stereocenters. The molecule has 3 N–H and O–H groups in total. The number of hydrogen-bond donors (Lipinski definition) is 2. The molecular weight excluding hydrogens is 333 g/mol. The van der Waals surface area contributed by atoms with Crippen LogP contribution in [0.3, 0.4) is 0 Å². The van der Waals surface area contributed by atoms with Gasteiger partial charge in [0.05, 0.1) is 12.2 Å². The lowest BCUT2D eigenvalue weighted by Gasteiger charge is -2.11. The standard InChI is InChI=1S/C20H24FN3O2/c1-3-4-5-6-12-26-17-9-7-8-15(18(17)21)13-23-20(25)16-11-10-14(2)24-19(16)22/h3,7-11H,1,4-6,12-13H2,2H3,(H2,22,24)(H,23,25). The van der Waals surface area contributed by atoms with Gasteiger partial charge >= 0.3 is 0 Å². The number of anilines is 1. The number of ether oxygens (including phenoxy) is 1. The Morgan fingerprint density at radius 1 is 1.35 bits per heavy atom. The molecule has 0 bridgehead atoms. The molecule has 0 aliphatic carbocycles. The van der Waals surface area contributed by atoms with E-state index in [2.05, 4.69) is 16.9 Å². The first-order valence-electron chi connectivity index (χ1n) is 8.55. The maximum Gasteiger partial charge on any atom is 0.255 e. The topological polar surface area (TPSA) is 77.2 Å². The summed E-state index contributed by atoms with van der Waals surface area (Å²) >= 11 is 0. The van der Waals surface area contributed by atoms with Crippen LogP contribution in [0.1, 0.15) is 40.9 Å². The number of aryl methyl sites for hydroxylation is 1. The van der Waals surface area contributed by atoms with E-state index < -0.39 is 11.7 Å². The van der Waals surface area contributed by atoms with Crippen LogP contribution in [-0.2, 0) is 6.54 Å². The summed E-state index contributed by atoms with van der Waals surface area (Å²) in [6.07, 6.45) is 4.54. The molecule has 1 aromatic heterocycles. The number of allylic oxidation sites excluding steroid dienone is 1. The molecule has 0 fully saturated rings. The molecule has 5 nitrogen and oxygen atoms in total.